The monoisotopic (exact) mass is 392 g/mol. The van der Waals surface area contributed by atoms with Crippen LogP contribution >= 0.6 is 22.9 Å². The summed E-state index contributed by atoms with van der Waals surface area (Å²) >= 11 is 7.33. The quantitative estimate of drug-likeness (QED) is 0.675. The second-order valence-corrected chi connectivity index (χ2v) is 7.47. The molecule has 8 heteroatoms. The fourth-order valence-corrected chi connectivity index (χ4v) is 4.06. The number of aromatic amines is 1. The van der Waals surface area contributed by atoms with E-state index in [9.17, 15) is 14.4 Å². The van der Waals surface area contributed by atoms with Crippen LogP contribution in [0, 0.1) is 6.92 Å². The number of nitrogens with one attached hydrogen (secondary N) is 1. The van der Waals surface area contributed by atoms with Gasteiger partial charge in [-0.25, -0.2) is 4.79 Å². The molecule has 136 valence electrons. The molecule has 0 radical (unpaired) electrons. The van der Waals surface area contributed by atoms with Crippen LogP contribution in [0.5, 0.6) is 0 Å². The van der Waals surface area contributed by atoms with Crippen LogP contribution in [0.15, 0.2) is 33.9 Å². The zero-order valence-electron chi connectivity index (χ0n) is 14.3. The van der Waals surface area contributed by atoms with Gasteiger partial charge >= 0.3 is 11.7 Å². The van der Waals surface area contributed by atoms with Gasteiger partial charge in [0.25, 0.3) is 5.56 Å². The van der Waals surface area contributed by atoms with Crippen LogP contribution in [0.3, 0.4) is 0 Å². The van der Waals surface area contributed by atoms with Gasteiger partial charge in [0, 0.05) is 28.4 Å². The Morgan fingerprint density at radius 3 is 2.62 bits per heavy atom. The molecule has 0 bridgehead atoms. The summed E-state index contributed by atoms with van der Waals surface area (Å²) in [7, 11) is 1.31. The predicted octanol–water partition coefficient (Wildman–Crippen LogP) is 3.33. The molecular formula is C18H17ClN2O4S. The second-order valence-electron chi connectivity index (χ2n) is 5.81. The molecule has 2 heterocycles. The number of halogens is 1. The molecule has 0 unspecified atom stereocenters. The van der Waals surface area contributed by atoms with E-state index in [2.05, 4.69) is 9.72 Å². The number of benzene rings is 1. The number of fused-ring (bicyclic) bond motifs is 1. The first-order chi connectivity index (χ1) is 12.4. The van der Waals surface area contributed by atoms with E-state index < -0.39 is 5.69 Å². The normalized spacial score (nSPS) is 11.0. The highest BCUT2D eigenvalue weighted by atomic mass is 35.5. The van der Waals surface area contributed by atoms with Crippen molar-refractivity contribution >= 4 is 39.1 Å². The van der Waals surface area contributed by atoms with Gasteiger partial charge in [0.1, 0.15) is 4.83 Å². The average molecular weight is 393 g/mol. The minimum Gasteiger partial charge on any atom is -0.469 e. The standard InChI is InChI=1S/C18H17ClN2O4S/c1-10-14(11-5-7-12(19)8-6-11)15-16(26-10)20-18(24)21(17(15)23)9-3-4-13(22)25-2/h5-8H,3-4,9H2,1-2H3,(H,20,24). The lowest BCUT2D eigenvalue weighted by atomic mass is 10.0. The molecule has 0 aliphatic rings. The van der Waals surface area contributed by atoms with Crippen LogP contribution in [0.25, 0.3) is 21.3 Å². The Hall–Kier alpha value is -2.38. The maximum absolute atomic E-state index is 13.0. The van der Waals surface area contributed by atoms with Gasteiger partial charge in [0.2, 0.25) is 0 Å². The van der Waals surface area contributed by atoms with E-state index in [1.54, 1.807) is 12.1 Å². The van der Waals surface area contributed by atoms with Gasteiger partial charge in [-0.05, 0) is 31.0 Å². The second kappa shape index (κ2) is 7.47. The van der Waals surface area contributed by atoms with Gasteiger partial charge in [-0.3, -0.25) is 19.1 Å². The number of esters is 1. The number of rotatable bonds is 5. The molecule has 2 aromatic heterocycles. The van der Waals surface area contributed by atoms with E-state index in [1.807, 2.05) is 19.1 Å². The number of hydrogen-bond donors (Lipinski definition) is 1. The molecule has 26 heavy (non-hydrogen) atoms. The molecule has 0 aliphatic heterocycles. The van der Waals surface area contributed by atoms with Crippen molar-refractivity contribution in [3.63, 3.8) is 0 Å². The van der Waals surface area contributed by atoms with Crippen molar-refractivity contribution in [3.05, 3.63) is 55.0 Å². The molecular weight excluding hydrogens is 376 g/mol. The highest BCUT2D eigenvalue weighted by Crippen LogP contribution is 2.35. The van der Waals surface area contributed by atoms with E-state index >= 15 is 0 Å². The predicted molar refractivity (Wildman–Crippen MR) is 103 cm³/mol. The van der Waals surface area contributed by atoms with Crippen molar-refractivity contribution in [1.82, 2.24) is 9.55 Å². The Labute approximate surface area is 158 Å². The Bertz CT molecular complexity index is 1080. The third kappa shape index (κ3) is 3.45. The van der Waals surface area contributed by atoms with Gasteiger partial charge in [-0.1, -0.05) is 23.7 Å². The molecule has 3 rings (SSSR count). The summed E-state index contributed by atoms with van der Waals surface area (Å²) in [6.07, 6.45) is 0.494. The minimum absolute atomic E-state index is 0.146. The lowest BCUT2D eigenvalue weighted by Crippen LogP contribution is -2.35. The van der Waals surface area contributed by atoms with Crippen LogP contribution in [-0.4, -0.2) is 22.6 Å². The van der Waals surface area contributed by atoms with Crippen molar-refractivity contribution in [1.29, 1.82) is 0 Å². The summed E-state index contributed by atoms with van der Waals surface area (Å²) in [5.41, 5.74) is 0.826. The Kier molecular flexibility index (Phi) is 5.29. The van der Waals surface area contributed by atoms with E-state index in [0.717, 1.165) is 20.6 Å². The van der Waals surface area contributed by atoms with Gasteiger partial charge in [0.15, 0.2) is 0 Å². The SMILES string of the molecule is COC(=O)CCCn1c(=O)[nH]c2sc(C)c(-c3ccc(Cl)cc3)c2c1=O. The van der Waals surface area contributed by atoms with Crippen LogP contribution in [0.4, 0.5) is 0 Å². The fraction of sp³-hybridized carbons (Fsp3) is 0.278. The fourth-order valence-electron chi connectivity index (χ4n) is 2.88. The molecule has 0 atom stereocenters. The van der Waals surface area contributed by atoms with E-state index in [1.165, 1.54) is 18.4 Å². The topological polar surface area (TPSA) is 81.2 Å². The Balaban J connectivity index is 2.10. The molecule has 0 amide bonds. The maximum Gasteiger partial charge on any atom is 0.329 e. The van der Waals surface area contributed by atoms with Crippen molar-refractivity contribution in [2.45, 2.75) is 26.3 Å². The summed E-state index contributed by atoms with van der Waals surface area (Å²) in [6.45, 7) is 2.06. The zero-order valence-corrected chi connectivity index (χ0v) is 15.9. The lowest BCUT2D eigenvalue weighted by Gasteiger charge is -2.06. The number of aromatic nitrogens is 2. The molecule has 0 fully saturated rings. The summed E-state index contributed by atoms with van der Waals surface area (Å²) < 4.78 is 5.72. The first-order valence-electron chi connectivity index (χ1n) is 8.01. The molecule has 3 aromatic rings. The summed E-state index contributed by atoms with van der Waals surface area (Å²) in [4.78, 5) is 40.8. The zero-order chi connectivity index (χ0) is 18.8. The first kappa shape index (κ1) is 18.4. The number of hydrogen-bond acceptors (Lipinski definition) is 5. The number of carbonyl (C=O) groups excluding carboxylic acids is 1. The largest absolute Gasteiger partial charge is 0.469 e. The van der Waals surface area contributed by atoms with Gasteiger partial charge < -0.3 is 4.74 Å². The summed E-state index contributed by atoms with van der Waals surface area (Å²) in [6, 6.07) is 7.23. The first-order valence-corrected chi connectivity index (χ1v) is 9.20. The molecule has 1 N–H and O–H groups in total. The molecule has 0 spiro atoms. The molecule has 6 nitrogen and oxygen atoms in total. The smallest absolute Gasteiger partial charge is 0.329 e. The van der Waals surface area contributed by atoms with Crippen molar-refractivity contribution in [2.24, 2.45) is 0 Å². The number of thiophene rings is 1. The summed E-state index contributed by atoms with van der Waals surface area (Å²) in [5, 5.41) is 1.09. The van der Waals surface area contributed by atoms with Crippen LogP contribution in [-0.2, 0) is 16.1 Å². The number of carbonyl (C=O) groups is 1. The highest BCUT2D eigenvalue weighted by molar-refractivity contribution is 7.19. The summed E-state index contributed by atoms with van der Waals surface area (Å²) in [5.74, 6) is -0.371. The number of ether oxygens (including phenoxy) is 1. The van der Waals surface area contributed by atoms with Crippen LogP contribution in [0.2, 0.25) is 5.02 Å². The third-order valence-electron chi connectivity index (χ3n) is 4.13. The third-order valence-corrected chi connectivity index (χ3v) is 5.40. The van der Waals surface area contributed by atoms with Crippen molar-refractivity contribution < 1.29 is 9.53 Å². The molecule has 0 saturated carbocycles. The number of H-pyrrole nitrogens is 1. The van der Waals surface area contributed by atoms with Crippen LogP contribution < -0.4 is 11.2 Å². The number of aryl methyl sites for hydroxylation is 1. The van der Waals surface area contributed by atoms with Gasteiger partial charge in [0.05, 0.1) is 12.5 Å². The van der Waals surface area contributed by atoms with Crippen molar-refractivity contribution in [3.8, 4) is 11.1 Å². The van der Waals surface area contributed by atoms with E-state index in [0.29, 0.717) is 21.7 Å². The van der Waals surface area contributed by atoms with E-state index in [4.69, 9.17) is 11.6 Å². The Morgan fingerprint density at radius 2 is 1.96 bits per heavy atom. The molecule has 0 aliphatic carbocycles. The Morgan fingerprint density at radius 1 is 1.27 bits per heavy atom. The molecule has 1 aromatic carbocycles. The van der Waals surface area contributed by atoms with E-state index in [-0.39, 0.29) is 24.5 Å². The van der Waals surface area contributed by atoms with Crippen LogP contribution in [0.1, 0.15) is 17.7 Å². The number of nitrogens with zero attached hydrogens (tertiary/aromatic N) is 1. The van der Waals surface area contributed by atoms with Crippen molar-refractivity contribution in [2.75, 3.05) is 7.11 Å². The molecule has 0 saturated heterocycles. The number of methoxy groups -OCH3 is 1. The maximum atomic E-state index is 13.0. The highest BCUT2D eigenvalue weighted by Gasteiger charge is 2.18. The van der Waals surface area contributed by atoms with Gasteiger partial charge in [-0.15, -0.1) is 11.3 Å². The lowest BCUT2D eigenvalue weighted by molar-refractivity contribution is -0.140. The van der Waals surface area contributed by atoms with Gasteiger partial charge in [-0.2, -0.15) is 0 Å². The minimum atomic E-state index is -0.476. The average Bonchev–Trinajstić information content (AvgIpc) is 2.94.